The Morgan fingerprint density at radius 2 is 2.00 bits per heavy atom. The van der Waals surface area contributed by atoms with Crippen LogP contribution in [0.5, 0.6) is 0 Å². The van der Waals surface area contributed by atoms with Crippen LogP contribution in [0.25, 0.3) is 22.9 Å². The molecule has 0 saturated carbocycles. The normalized spacial score (nSPS) is 11.1. The number of allylic oxidation sites excluding steroid dienone is 1. The first kappa shape index (κ1) is 18.8. The second-order valence-electron chi connectivity index (χ2n) is 5.97. The number of aromatic nitrogens is 1. The Balaban J connectivity index is 2.08. The molecular formula is C21H16ClN3OS. The van der Waals surface area contributed by atoms with Gasteiger partial charge in [0.05, 0.1) is 5.57 Å². The van der Waals surface area contributed by atoms with Gasteiger partial charge < -0.3 is 5.32 Å². The van der Waals surface area contributed by atoms with Gasteiger partial charge >= 0.3 is 0 Å². The summed E-state index contributed by atoms with van der Waals surface area (Å²) in [7, 11) is 0. The molecule has 4 nitrogen and oxygen atoms in total. The van der Waals surface area contributed by atoms with E-state index in [0.29, 0.717) is 26.3 Å². The molecule has 0 bridgehead atoms. The molecule has 134 valence electrons. The summed E-state index contributed by atoms with van der Waals surface area (Å²) in [6.07, 6.45) is 1.74. The number of carbonyl (C=O) groups is 1. The summed E-state index contributed by atoms with van der Waals surface area (Å²) in [5, 5.41) is 14.2. The van der Waals surface area contributed by atoms with E-state index in [0.717, 1.165) is 16.7 Å². The highest BCUT2D eigenvalue weighted by molar-refractivity contribution is 7.17. The van der Waals surface area contributed by atoms with Crippen LogP contribution in [0.3, 0.4) is 0 Å². The zero-order chi connectivity index (χ0) is 19.4. The molecule has 0 aliphatic rings. The third-order valence-electron chi connectivity index (χ3n) is 3.75. The van der Waals surface area contributed by atoms with Crippen LogP contribution in [0, 0.1) is 18.3 Å². The molecule has 0 atom stereocenters. The Morgan fingerprint density at radius 1 is 1.26 bits per heavy atom. The number of nitrogens with one attached hydrogen (secondary N) is 1. The first-order chi connectivity index (χ1) is 13.0. The molecule has 0 radical (unpaired) electrons. The van der Waals surface area contributed by atoms with Gasteiger partial charge in [-0.25, -0.2) is 4.98 Å². The highest BCUT2D eigenvalue weighted by Gasteiger charge is 2.17. The van der Waals surface area contributed by atoms with E-state index in [1.807, 2.05) is 43.3 Å². The second kappa shape index (κ2) is 8.17. The van der Waals surface area contributed by atoms with Gasteiger partial charge in [0, 0.05) is 17.5 Å². The van der Waals surface area contributed by atoms with Crippen LogP contribution in [0.1, 0.15) is 23.1 Å². The van der Waals surface area contributed by atoms with Crippen LogP contribution in [0.2, 0.25) is 5.02 Å². The molecule has 0 saturated heterocycles. The number of thiazole rings is 1. The minimum atomic E-state index is -0.184. The van der Waals surface area contributed by atoms with E-state index >= 15 is 0 Å². The van der Waals surface area contributed by atoms with Gasteiger partial charge in [0.1, 0.15) is 21.8 Å². The lowest BCUT2D eigenvalue weighted by atomic mass is 10.1. The minimum absolute atomic E-state index is 0.184. The fraction of sp³-hybridized carbons (Fsp3) is 0.0952. The third kappa shape index (κ3) is 4.62. The van der Waals surface area contributed by atoms with Crippen LogP contribution in [-0.2, 0) is 4.79 Å². The zero-order valence-corrected chi connectivity index (χ0v) is 16.4. The Hall–Kier alpha value is -2.94. The van der Waals surface area contributed by atoms with E-state index in [1.54, 1.807) is 18.2 Å². The molecule has 3 rings (SSSR count). The topological polar surface area (TPSA) is 65.8 Å². The van der Waals surface area contributed by atoms with Crippen molar-refractivity contribution in [3.05, 3.63) is 69.7 Å². The molecule has 6 heteroatoms. The lowest BCUT2D eigenvalue weighted by molar-refractivity contribution is -0.114. The van der Waals surface area contributed by atoms with E-state index in [1.165, 1.54) is 18.3 Å². The molecule has 1 heterocycles. The van der Waals surface area contributed by atoms with E-state index in [-0.39, 0.29) is 5.91 Å². The van der Waals surface area contributed by atoms with Crippen molar-refractivity contribution in [2.45, 2.75) is 13.8 Å². The van der Waals surface area contributed by atoms with Crippen molar-refractivity contribution < 1.29 is 4.79 Å². The van der Waals surface area contributed by atoms with Crippen molar-refractivity contribution in [1.82, 2.24) is 4.98 Å². The molecule has 0 unspecified atom stereocenters. The van der Waals surface area contributed by atoms with E-state index in [2.05, 4.69) is 16.4 Å². The quantitative estimate of drug-likeness (QED) is 0.570. The summed E-state index contributed by atoms with van der Waals surface area (Å²) in [6, 6.07) is 17.3. The summed E-state index contributed by atoms with van der Waals surface area (Å²) in [4.78, 5) is 16.2. The lowest BCUT2D eigenvalue weighted by Gasteiger charge is -2.03. The fourth-order valence-corrected chi connectivity index (χ4v) is 3.69. The molecular weight excluding hydrogens is 378 g/mol. The zero-order valence-electron chi connectivity index (χ0n) is 14.8. The Labute approximate surface area is 166 Å². The van der Waals surface area contributed by atoms with Crippen LogP contribution in [-0.4, -0.2) is 10.9 Å². The van der Waals surface area contributed by atoms with Gasteiger partial charge in [-0.1, -0.05) is 64.9 Å². The summed E-state index contributed by atoms with van der Waals surface area (Å²) in [5.74, 6) is -0.184. The number of nitriles is 1. The average molecular weight is 394 g/mol. The number of rotatable bonds is 4. The number of benzene rings is 2. The van der Waals surface area contributed by atoms with Gasteiger partial charge in [0.15, 0.2) is 0 Å². The molecule has 2 aromatic carbocycles. The van der Waals surface area contributed by atoms with Crippen LogP contribution < -0.4 is 5.32 Å². The fourth-order valence-electron chi connectivity index (χ4n) is 2.49. The van der Waals surface area contributed by atoms with Crippen molar-refractivity contribution in [3.63, 3.8) is 0 Å². The first-order valence-electron chi connectivity index (χ1n) is 8.19. The summed E-state index contributed by atoms with van der Waals surface area (Å²) in [6.45, 7) is 3.46. The van der Waals surface area contributed by atoms with E-state index < -0.39 is 0 Å². The van der Waals surface area contributed by atoms with Gasteiger partial charge in [0.2, 0.25) is 5.91 Å². The summed E-state index contributed by atoms with van der Waals surface area (Å²) >= 11 is 7.30. The smallest absolute Gasteiger partial charge is 0.221 e. The van der Waals surface area contributed by atoms with Crippen LogP contribution in [0.15, 0.2) is 48.5 Å². The first-order valence-corrected chi connectivity index (χ1v) is 9.39. The summed E-state index contributed by atoms with van der Waals surface area (Å²) < 4.78 is 0. The Bertz CT molecular complexity index is 1060. The number of anilines is 1. The number of halogens is 1. The SMILES string of the molecule is CC(=O)Nc1sc(/C(C#N)=C\c2cccc(Cl)c2)nc1-c1ccc(C)cc1. The maximum Gasteiger partial charge on any atom is 0.221 e. The Kier molecular flexibility index (Phi) is 5.70. The predicted octanol–water partition coefficient (Wildman–Crippen LogP) is 5.79. The molecule has 0 aliphatic carbocycles. The number of hydrogen-bond donors (Lipinski definition) is 1. The molecule has 1 N–H and O–H groups in total. The maximum absolute atomic E-state index is 11.6. The molecule has 1 amide bonds. The lowest BCUT2D eigenvalue weighted by Crippen LogP contribution is -2.05. The number of carbonyl (C=O) groups excluding carboxylic acids is 1. The van der Waals surface area contributed by atoms with Crippen LogP contribution in [0.4, 0.5) is 5.00 Å². The number of aryl methyl sites for hydroxylation is 1. The van der Waals surface area contributed by atoms with Crippen molar-refractivity contribution >= 4 is 45.5 Å². The van der Waals surface area contributed by atoms with Crippen molar-refractivity contribution in [2.75, 3.05) is 5.32 Å². The van der Waals surface area contributed by atoms with Crippen molar-refractivity contribution in [3.8, 4) is 17.3 Å². The number of hydrogen-bond acceptors (Lipinski definition) is 4. The van der Waals surface area contributed by atoms with Gasteiger partial charge in [-0.2, -0.15) is 5.26 Å². The Morgan fingerprint density at radius 3 is 2.63 bits per heavy atom. The molecule has 0 fully saturated rings. The standard InChI is InChI=1S/C21H16ClN3OS/c1-13-6-8-16(9-7-13)19-21(24-14(2)26)27-20(25-19)17(12-23)10-15-4-3-5-18(22)11-15/h3-11H,1-2H3,(H,24,26)/b17-10-. The molecule has 27 heavy (non-hydrogen) atoms. The highest BCUT2D eigenvalue weighted by Crippen LogP contribution is 2.36. The van der Waals surface area contributed by atoms with Gasteiger partial charge in [-0.05, 0) is 30.7 Å². The van der Waals surface area contributed by atoms with Crippen molar-refractivity contribution in [1.29, 1.82) is 5.26 Å². The number of amides is 1. The molecule has 0 aliphatic heterocycles. The van der Waals surface area contributed by atoms with E-state index in [9.17, 15) is 10.1 Å². The number of nitrogens with zero attached hydrogens (tertiary/aromatic N) is 2. The van der Waals surface area contributed by atoms with Gasteiger partial charge in [-0.3, -0.25) is 4.79 Å². The van der Waals surface area contributed by atoms with Crippen LogP contribution >= 0.6 is 22.9 Å². The molecule has 0 spiro atoms. The second-order valence-corrected chi connectivity index (χ2v) is 7.40. The molecule has 3 aromatic rings. The van der Waals surface area contributed by atoms with Crippen molar-refractivity contribution in [2.24, 2.45) is 0 Å². The third-order valence-corrected chi connectivity index (χ3v) is 4.99. The highest BCUT2D eigenvalue weighted by atomic mass is 35.5. The van der Waals surface area contributed by atoms with E-state index in [4.69, 9.17) is 11.6 Å². The monoisotopic (exact) mass is 393 g/mol. The maximum atomic E-state index is 11.6. The molecule has 1 aromatic heterocycles. The van der Waals surface area contributed by atoms with Gasteiger partial charge in [-0.15, -0.1) is 0 Å². The minimum Gasteiger partial charge on any atom is -0.316 e. The summed E-state index contributed by atoms with van der Waals surface area (Å²) in [5.41, 5.74) is 3.89. The predicted molar refractivity (Wildman–Crippen MR) is 112 cm³/mol. The van der Waals surface area contributed by atoms with Gasteiger partial charge in [0.25, 0.3) is 0 Å². The largest absolute Gasteiger partial charge is 0.316 e. The average Bonchev–Trinajstić information content (AvgIpc) is 3.03.